The first-order valence-corrected chi connectivity index (χ1v) is 9.33. The number of hydrogen-bond donors (Lipinski definition) is 2. The van der Waals surface area contributed by atoms with E-state index in [4.69, 9.17) is 12.2 Å². The lowest BCUT2D eigenvalue weighted by molar-refractivity contribution is 0.391. The molecule has 0 atom stereocenters. The Morgan fingerprint density at radius 2 is 1.92 bits per heavy atom. The monoisotopic (exact) mass is 365 g/mol. The minimum atomic E-state index is 0.752. The average Bonchev–Trinajstić information content (AvgIpc) is 3.09. The molecule has 0 saturated carbocycles. The number of nitrogens with zero attached hydrogens (tertiary/aromatic N) is 3. The van der Waals surface area contributed by atoms with Gasteiger partial charge in [0.2, 0.25) is 0 Å². The summed E-state index contributed by atoms with van der Waals surface area (Å²) in [6.45, 7) is 7.78. The van der Waals surface area contributed by atoms with E-state index in [0.29, 0.717) is 0 Å². The standard InChI is InChI=1S/C20H23N5S/c1-14-12-15(2)22-19(13-14)23-20(26)25-10-8-24(9-11-25)18-5-3-4-17-16(18)6-7-21-17/h3-7,12-13,21H,8-11H2,1-2H3,(H,22,23,26). The van der Waals surface area contributed by atoms with Gasteiger partial charge in [0.1, 0.15) is 5.82 Å². The number of hydrogen-bond acceptors (Lipinski definition) is 3. The van der Waals surface area contributed by atoms with Gasteiger partial charge in [-0.25, -0.2) is 4.98 Å². The Balaban J connectivity index is 1.41. The number of rotatable bonds is 2. The van der Waals surface area contributed by atoms with Crippen LogP contribution in [0.4, 0.5) is 11.5 Å². The fraction of sp³-hybridized carbons (Fsp3) is 0.300. The van der Waals surface area contributed by atoms with Gasteiger partial charge >= 0.3 is 0 Å². The lowest BCUT2D eigenvalue weighted by Gasteiger charge is -2.37. The first-order valence-electron chi connectivity index (χ1n) is 8.92. The van der Waals surface area contributed by atoms with E-state index in [-0.39, 0.29) is 0 Å². The Morgan fingerprint density at radius 3 is 2.69 bits per heavy atom. The third-order valence-corrected chi connectivity index (χ3v) is 5.17. The third kappa shape index (κ3) is 3.37. The molecular formula is C20H23N5S. The Labute approximate surface area is 159 Å². The molecule has 4 rings (SSSR count). The molecule has 0 spiro atoms. The molecule has 0 amide bonds. The highest BCUT2D eigenvalue weighted by Gasteiger charge is 2.20. The number of nitrogens with one attached hydrogen (secondary N) is 2. The first-order chi connectivity index (χ1) is 12.6. The quantitative estimate of drug-likeness (QED) is 0.678. The highest BCUT2D eigenvalue weighted by atomic mass is 32.1. The van der Waals surface area contributed by atoms with Crippen molar-refractivity contribution in [2.75, 3.05) is 36.4 Å². The molecule has 6 heteroatoms. The molecule has 2 N–H and O–H groups in total. The van der Waals surface area contributed by atoms with Crippen molar-refractivity contribution in [3.63, 3.8) is 0 Å². The highest BCUT2D eigenvalue weighted by molar-refractivity contribution is 7.80. The maximum atomic E-state index is 5.61. The van der Waals surface area contributed by atoms with Gasteiger partial charge in [0, 0.05) is 54.7 Å². The van der Waals surface area contributed by atoms with E-state index in [1.165, 1.54) is 22.2 Å². The van der Waals surface area contributed by atoms with Gasteiger partial charge in [0.25, 0.3) is 0 Å². The molecule has 134 valence electrons. The second-order valence-electron chi connectivity index (χ2n) is 6.79. The lowest BCUT2D eigenvalue weighted by atomic mass is 10.2. The molecule has 0 aliphatic carbocycles. The number of piperazine rings is 1. The number of fused-ring (bicyclic) bond motifs is 1. The summed E-state index contributed by atoms with van der Waals surface area (Å²) in [7, 11) is 0. The number of aromatic nitrogens is 2. The Morgan fingerprint density at radius 1 is 1.12 bits per heavy atom. The fourth-order valence-corrected chi connectivity index (χ4v) is 3.88. The Bertz CT molecular complexity index is 920. The van der Waals surface area contributed by atoms with Crippen molar-refractivity contribution in [3.05, 3.63) is 53.9 Å². The van der Waals surface area contributed by atoms with E-state index >= 15 is 0 Å². The van der Waals surface area contributed by atoms with Crippen molar-refractivity contribution >= 4 is 39.7 Å². The van der Waals surface area contributed by atoms with Crippen LogP contribution >= 0.6 is 12.2 Å². The number of thiocarbonyl (C=S) groups is 1. The molecule has 2 aromatic heterocycles. The molecule has 3 heterocycles. The Hall–Kier alpha value is -2.60. The number of pyridine rings is 1. The van der Waals surface area contributed by atoms with Gasteiger partial charge < -0.3 is 20.1 Å². The van der Waals surface area contributed by atoms with E-state index < -0.39 is 0 Å². The minimum absolute atomic E-state index is 0.752. The molecule has 5 nitrogen and oxygen atoms in total. The van der Waals surface area contributed by atoms with Crippen molar-refractivity contribution in [2.45, 2.75) is 13.8 Å². The van der Waals surface area contributed by atoms with Crippen LogP contribution in [0, 0.1) is 13.8 Å². The molecule has 26 heavy (non-hydrogen) atoms. The SMILES string of the molecule is Cc1cc(C)nc(NC(=S)N2CCN(c3cccc4[nH]ccc34)CC2)c1. The van der Waals surface area contributed by atoms with Crippen LogP contribution in [0.5, 0.6) is 0 Å². The van der Waals surface area contributed by atoms with Crippen LogP contribution < -0.4 is 10.2 Å². The highest BCUT2D eigenvalue weighted by Crippen LogP contribution is 2.27. The van der Waals surface area contributed by atoms with Crippen LogP contribution in [0.3, 0.4) is 0 Å². The van der Waals surface area contributed by atoms with Crippen molar-refractivity contribution in [3.8, 4) is 0 Å². The van der Waals surface area contributed by atoms with Gasteiger partial charge in [-0.05, 0) is 62.0 Å². The predicted molar refractivity (Wildman–Crippen MR) is 112 cm³/mol. The molecular weight excluding hydrogens is 342 g/mol. The molecule has 0 unspecified atom stereocenters. The van der Waals surface area contributed by atoms with Gasteiger partial charge in [0.15, 0.2) is 5.11 Å². The molecule has 1 aliphatic rings. The third-order valence-electron chi connectivity index (χ3n) is 4.81. The summed E-state index contributed by atoms with van der Waals surface area (Å²) in [5, 5.41) is 5.33. The maximum absolute atomic E-state index is 5.61. The van der Waals surface area contributed by atoms with Crippen molar-refractivity contribution in [1.82, 2.24) is 14.9 Å². The number of aromatic amines is 1. The maximum Gasteiger partial charge on any atom is 0.174 e. The van der Waals surface area contributed by atoms with Gasteiger partial charge in [-0.15, -0.1) is 0 Å². The van der Waals surface area contributed by atoms with E-state index in [9.17, 15) is 0 Å². The molecule has 1 aromatic carbocycles. The molecule has 3 aromatic rings. The summed E-state index contributed by atoms with van der Waals surface area (Å²) in [4.78, 5) is 12.5. The van der Waals surface area contributed by atoms with Crippen LogP contribution in [0.15, 0.2) is 42.6 Å². The zero-order chi connectivity index (χ0) is 18.1. The largest absolute Gasteiger partial charge is 0.367 e. The summed E-state index contributed by atoms with van der Waals surface area (Å²) in [5.41, 5.74) is 4.66. The zero-order valence-electron chi connectivity index (χ0n) is 15.1. The first kappa shape index (κ1) is 16.8. The van der Waals surface area contributed by atoms with Gasteiger partial charge in [-0.2, -0.15) is 0 Å². The number of anilines is 2. The summed E-state index contributed by atoms with van der Waals surface area (Å²) in [5.74, 6) is 0.826. The van der Waals surface area contributed by atoms with E-state index in [0.717, 1.165) is 42.8 Å². The van der Waals surface area contributed by atoms with Gasteiger partial charge in [-0.3, -0.25) is 0 Å². The molecule has 0 bridgehead atoms. The van der Waals surface area contributed by atoms with Gasteiger partial charge in [-0.1, -0.05) is 6.07 Å². The normalized spacial score (nSPS) is 14.7. The molecule has 1 saturated heterocycles. The number of benzene rings is 1. The number of H-pyrrole nitrogens is 1. The van der Waals surface area contributed by atoms with E-state index in [1.807, 2.05) is 19.2 Å². The van der Waals surface area contributed by atoms with Crippen molar-refractivity contribution in [1.29, 1.82) is 0 Å². The molecule has 1 aliphatic heterocycles. The Kier molecular flexibility index (Phi) is 4.51. The van der Waals surface area contributed by atoms with Crippen LogP contribution in [0.1, 0.15) is 11.3 Å². The number of aryl methyl sites for hydroxylation is 2. The topological polar surface area (TPSA) is 47.2 Å². The second-order valence-corrected chi connectivity index (χ2v) is 7.18. The second kappa shape index (κ2) is 6.96. The summed E-state index contributed by atoms with van der Waals surface area (Å²) >= 11 is 5.61. The lowest BCUT2D eigenvalue weighted by Crippen LogP contribution is -2.50. The van der Waals surface area contributed by atoms with Crippen LogP contribution in [-0.4, -0.2) is 46.2 Å². The molecule has 1 fully saturated rings. The van der Waals surface area contributed by atoms with Crippen LogP contribution in [0.25, 0.3) is 10.9 Å². The summed E-state index contributed by atoms with van der Waals surface area (Å²) in [6, 6.07) is 12.7. The van der Waals surface area contributed by atoms with Crippen LogP contribution in [-0.2, 0) is 0 Å². The smallest absolute Gasteiger partial charge is 0.174 e. The van der Waals surface area contributed by atoms with Crippen molar-refractivity contribution < 1.29 is 0 Å². The molecule has 0 radical (unpaired) electrons. The van der Waals surface area contributed by atoms with Crippen LogP contribution in [0.2, 0.25) is 0 Å². The summed E-state index contributed by atoms with van der Waals surface area (Å²) < 4.78 is 0. The fourth-order valence-electron chi connectivity index (χ4n) is 3.59. The summed E-state index contributed by atoms with van der Waals surface area (Å²) in [6.07, 6.45) is 2.00. The van der Waals surface area contributed by atoms with Gasteiger partial charge in [0.05, 0.1) is 0 Å². The van der Waals surface area contributed by atoms with E-state index in [1.54, 1.807) is 0 Å². The predicted octanol–water partition coefficient (Wildman–Crippen LogP) is 3.70. The zero-order valence-corrected chi connectivity index (χ0v) is 15.9. The minimum Gasteiger partial charge on any atom is -0.367 e. The van der Waals surface area contributed by atoms with Crippen molar-refractivity contribution in [2.24, 2.45) is 0 Å². The van der Waals surface area contributed by atoms with E-state index in [2.05, 4.69) is 62.3 Å². The average molecular weight is 366 g/mol.